The van der Waals surface area contributed by atoms with Crippen molar-refractivity contribution in [1.82, 2.24) is 0 Å². The fraction of sp³-hybridized carbons (Fsp3) is 0.179. The number of rotatable bonds is 10. The molecule has 1 amide bonds. The summed E-state index contributed by atoms with van der Waals surface area (Å²) in [6.07, 6.45) is 1.45. The van der Waals surface area contributed by atoms with Crippen molar-refractivity contribution in [2.45, 2.75) is 20.5 Å². The molecule has 0 atom stereocenters. The van der Waals surface area contributed by atoms with E-state index in [0.29, 0.717) is 45.0 Å². The third-order valence-electron chi connectivity index (χ3n) is 5.00. The molecular weight excluding hydrogens is 515 g/mol. The van der Waals surface area contributed by atoms with Gasteiger partial charge in [0.1, 0.15) is 18.2 Å². The largest absolute Gasteiger partial charge is 0.490 e. The highest BCUT2D eigenvalue weighted by atomic mass is 35.5. The maximum absolute atomic E-state index is 12.7. The van der Waals surface area contributed by atoms with Gasteiger partial charge in [0.2, 0.25) is 0 Å². The van der Waals surface area contributed by atoms with Crippen LogP contribution >= 0.6 is 23.2 Å². The predicted molar refractivity (Wildman–Crippen MR) is 143 cm³/mol. The molecule has 0 saturated heterocycles. The van der Waals surface area contributed by atoms with Crippen LogP contribution in [0.3, 0.4) is 0 Å². The third-order valence-corrected chi connectivity index (χ3v) is 5.58. The van der Waals surface area contributed by atoms with Crippen molar-refractivity contribution in [3.8, 4) is 17.6 Å². The maximum atomic E-state index is 12.7. The third kappa shape index (κ3) is 7.74. The molecular formula is C28H24Cl2N2O5. The van der Waals surface area contributed by atoms with E-state index in [1.165, 1.54) is 18.2 Å². The first-order valence-corrected chi connectivity index (χ1v) is 12.1. The van der Waals surface area contributed by atoms with Gasteiger partial charge in [0.25, 0.3) is 5.91 Å². The lowest BCUT2D eigenvalue weighted by molar-refractivity contribution is -0.112. The molecule has 37 heavy (non-hydrogen) atoms. The summed E-state index contributed by atoms with van der Waals surface area (Å²) < 4.78 is 16.6. The lowest BCUT2D eigenvalue weighted by Crippen LogP contribution is -2.13. The van der Waals surface area contributed by atoms with Crippen LogP contribution in [-0.4, -0.2) is 25.1 Å². The monoisotopic (exact) mass is 538 g/mol. The Labute approximate surface area is 225 Å². The average Bonchev–Trinajstić information content (AvgIpc) is 2.88. The van der Waals surface area contributed by atoms with Crippen LogP contribution < -0.4 is 14.8 Å². The summed E-state index contributed by atoms with van der Waals surface area (Å²) in [4.78, 5) is 24.5. The average molecular weight is 539 g/mol. The summed E-state index contributed by atoms with van der Waals surface area (Å²) in [5.41, 5.74) is 2.01. The molecule has 0 spiro atoms. The first-order valence-electron chi connectivity index (χ1n) is 11.4. The molecule has 190 valence electrons. The number of anilines is 1. The second-order valence-electron chi connectivity index (χ2n) is 7.59. The van der Waals surface area contributed by atoms with E-state index in [1.54, 1.807) is 55.5 Å². The minimum absolute atomic E-state index is 0.112. The number of carbonyl (C=O) groups excluding carboxylic acids is 2. The number of halogens is 2. The summed E-state index contributed by atoms with van der Waals surface area (Å²) in [5, 5.41) is 13.3. The van der Waals surface area contributed by atoms with E-state index in [4.69, 9.17) is 37.4 Å². The smallest absolute Gasteiger partial charge is 0.338 e. The molecule has 0 aliphatic rings. The number of amides is 1. The van der Waals surface area contributed by atoms with Crippen molar-refractivity contribution in [3.05, 3.63) is 93.0 Å². The number of esters is 1. The SMILES string of the molecule is CCOC(=O)c1ccc(NC(=O)/C(C#N)=C/c2ccc(OCc3ccc(Cl)cc3Cl)c(OCC)c2)cc1. The highest BCUT2D eigenvalue weighted by molar-refractivity contribution is 6.35. The predicted octanol–water partition coefficient (Wildman–Crippen LogP) is 6.69. The number of hydrogen-bond acceptors (Lipinski definition) is 6. The van der Waals surface area contributed by atoms with Gasteiger partial charge in [0.15, 0.2) is 11.5 Å². The van der Waals surface area contributed by atoms with Gasteiger partial charge >= 0.3 is 5.97 Å². The molecule has 3 rings (SSSR count). The Bertz CT molecular complexity index is 1350. The number of nitriles is 1. The first kappa shape index (κ1) is 27.6. The van der Waals surface area contributed by atoms with E-state index in [2.05, 4.69) is 5.32 Å². The second-order valence-corrected chi connectivity index (χ2v) is 8.43. The Morgan fingerprint density at radius 3 is 2.35 bits per heavy atom. The Morgan fingerprint density at radius 2 is 1.70 bits per heavy atom. The quantitative estimate of drug-likeness (QED) is 0.175. The van der Waals surface area contributed by atoms with Crippen LogP contribution in [0.25, 0.3) is 6.08 Å². The van der Waals surface area contributed by atoms with Crippen LogP contribution in [0.5, 0.6) is 11.5 Å². The highest BCUT2D eigenvalue weighted by Crippen LogP contribution is 2.31. The summed E-state index contributed by atoms with van der Waals surface area (Å²) in [5.74, 6) is -0.114. The van der Waals surface area contributed by atoms with E-state index >= 15 is 0 Å². The van der Waals surface area contributed by atoms with Gasteiger partial charge in [-0.1, -0.05) is 35.3 Å². The lowest BCUT2D eigenvalue weighted by atomic mass is 10.1. The molecule has 0 heterocycles. The van der Waals surface area contributed by atoms with Crippen LogP contribution in [0.4, 0.5) is 5.69 Å². The van der Waals surface area contributed by atoms with Gasteiger partial charge in [-0.3, -0.25) is 4.79 Å². The molecule has 3 aromatic carbocycles. The van der Waals surface area contributed by atoms with E-state index in [9.17, 15) is 14.9 Å². The fourth-order valence-electron chi connectivity index (χ4n) is 3.21. The summed E-state index contributed by atoms with van der Waals surface area (Å²) in [7, 11) is 0. The Hall–Kier alpha value is -3.99. The van der Waals surface area contributed by atoms with Crippen LogP contribution in [0.2, 0.25) is 10.0 Å². The van der Waals surface area contributed by atoms with Gasteiger partial charge in [-0.25, -0.2) is 4.79 Å². The van der Waals surface area contributed by atoms with E-state index in [1.807, 2.05) is 13.0 Å². The van der Waals surface area contributed by atoms with Gasteiger partial charge in [0, 0.05) is 21.3 Å². The number of carbonyl (C=O) groups is 2. The first-order chi connectivity index (χ1) is 17.8. The van der Waals surface area contributed by atoms with Gasteiger partial charge in [-0.05, 0) is 74.0 Å². The van der Waals surface area contributed by atoms with E-state index < -0.39 is 11.9 Å². The molecule has 1 N–H and O–H groups in total. The van der Waals surface area contributed by atoms with Crippen molar-refractivity contribution in [3.63, 3.8) is 0 Å². The molecule has 0 fully saturated rings. The number of hydrogen-bond donors (Lipinski definition) is 1. The number of ether oxygens (including phenoxy) is 3. The van der Waals surface area contributed by atoms with Crippen molar-refractivity contribution < 1.29 is 23.8 Å². The summed E-state index contributed by atoms with van der Waals surface area (Å²) >= 11 is 12.2. The molecule has 9 heteroatoms. The van der Waals surface area contributed by atoms with Gasteiger partial charge in [-0.15, -0.1) is 0 Å². The summed E-state index contributed by atoms with van der Waals surface area (Å²) in [6, 6.07) is 18.3. The maximum Gasteiger partial charge on any atom is 0.338 e. The topological polar surface area (TPSA) is 97.7 Å². The Morgan fingerprint density at radius 1 is 0.946 bits per heavy atom. The molecule has 0 radical (unpaired) electrons. The van der Waals surface area contributed by atoms with Crippen molar-refractivity contribution in [2.75, 3.05) is 18.5 Å². The molecule has 0 aromatic heterocycles. The summed E-state index contributed by atoms with van der Waals surface area (Å²) in [6.45, 7) is 4.41. The lowest BCUT2D eigenvalue weighted by Gasteiger charge is -2.13. The number of nitrogens with one attached hydrogen (secondary N) is 1. The Kier molecular flexibility index (Phi) is 9.96. The van der Waals surface area contributed by atoms with Crippen LogP contribution in [0.15, 0.2) is 66.2 Å². The molecule has 0 saturated carbocycles. The van der Waals surface area contributed by atoms with Crippen LogP contribution in [0.1, 0.15) is 35.3 Å². The van der Waals surface area contributed by atoms with Crippen molar-refractivity contribution in [1.29, 1.82) is 5.26 Å². The zero-order valence-corrected chi connectivity index (χ0v) is 21.7. The molecule has 7 nitrogen and oxygen atoms in total. The van der Waals surface area contributed by atoms with Crippen LogP contribution in [0, 0.1) is 11.3 Å². The molecule has 0 bridgehead atoms. The van der Waals surface area contributed by atoms with Gasteiger partial charge in [0.05, 0.1) is 18.8 Å². The normalized spacial score (nSPS) is 10.8. The molecule has 3 aromatic rings. The van der Waals surface area contributed by atoms with Gasteiger partial charge in [-0.2, -0.15) is 5.26 Å². The van der Waals surface area contributed by atoms with Crippen molar-refractivity contribution in [2.24, 2.45) is 0 Å². The standard InChI is InChI=1S/C28H24Cl2N2O5/c1-3-35-26-14-18(5-12-25(26)37-17-20-6-9-22(29)15-24(20)30)13-21(16-31)27(33)32-23-10-7-19(8-11-23)28(34)36-4-2/h5-15H,3-4,17H2,1-2H3,(H,32,33)/b21-13+. The zero-order valence-electron chi connectivity index (χ0n) is 20.2. The highest BCUT2D eigenvalue weighted by Gasteiger charge is 2.13. The van der Waals surface area contributed by atoms with Gasteiger partial charge < -0.3 is 19.5 Å². The zero-order chi connectivity index (χ0) is 26.8. The molecule has 0 aliphatic heterocycles. The molecule has 0 unspecified atom stereocenters. The molecule has 0 aliphatic carbocycles. The van der Waals surface area contributed by atoms with Crippen LogP contribution in [-0.2, 0) is 16.1 Å². The minimum Gasteiger partial charge on any atom is -0.490 e. The number of nitrogens with zero attached hydrogens (tertiary/aromatic N) is 1. The Balaban J connectivity index is 1.74. The van der Waals surface area contributed by atoms with Crippen molar-refractivity contribution >= 4 is 46.8 Å². The second kappa shape index (κ2) is 13.4. The van der Waals surface area contributed by atoms with E-state index in [-0.39, 0.29) is 18.8 Å². The number of benzene rings is 3. The minimum atomic E-state index is -0.595. The van der Waals surface area contributed by atoms with E-state index in [0.717, 1.165) is 5.56 Å². The fourth-order valence-corrected chi connectivity index (χ4v) is 3.68.